The van der Waals surface area contributed by atoms with E-state index in [1.54, 1.807) is 6.92 Å². The van der Waals surface area contributed by atoms with Crippen LogP contribution in [0.15, 0.2) is 0 Å². The summed E-state index contributed by atoms with van der Waals surface area (Å²) in [6, 6.07) is 0. The van der Waals surface area contributed by atoms with E-state index in [0.29, 0.717) is 6.61 Å². The zero-order valence-corrected chi connectivity index (χ0v) is 7.85. The lowest BCUT2D eigenvalue weighted by Gasteiger charge is -2.05. The van der Waals surface area contributed by atoms with E-state index in [9.17, 15) is 9.59 Å². The van der Waals surface area contributed by atoms with E-state index in [-0.39, 0.29) is 12.5 Å². The van der Waals surface area contributed by atoms with E-state index >= 15 is 0 Å². The van der Waals surface area contributed by atoms with Gasteiger partial charge >= 0.3 is 5.97 Å². The van der Waals surface area contributed by atoms with Gasteiger partial charge in [-0.3, -0.25) is 9.59 Å². The summed E-state index contributed by atoms with van der Waals surface area (Å²) in [5, 5.41) is 1.70. The van der Waals surface area contributed by atoms with Crippen LogP contribution in [-0.2, 0) is 14.3 Å². The summed E-state index contributed by atoms with van der Waals surface area (Å²) in [7, 11) is 0. The summed E-state index contributed by atoms with van der Waals surface area (Å²) < 4.78 is 4.58. The second kappa shape index (κ2) is 5.83. The van der Waals surface area contributed by atoms with E-state index in [2.05, 4.69) is 10.1 Å². The van der Waals surface area contributed by atoms with Gasteiger partial charge in [0.05, 0.1) is 6.61 Å². The smallest absolute Gasteiger partial charge is 0.325 e. The first-order chi connectivity index (χ1) is 5.57. The van der Waals surface area contributed by atoms with Crippen molar-refractivity contribution in [2.24, 2.45) is 0 Å². The molecule has 0 rings (SSSR count). The van der Waals surface area contributed by atoms with E-state index in [4.69, 9.17) is 11.6 Å². The Morgan fingerprint density at radius 2 is 2.17 bits per heavy atom. The molecule has 0 spiro atoms. The minimum absolute atomic E-state index is 0.121. The Hall–Kier alpha value is -0.770. The van der Waals surface area contributed by atoms with Gasteiger partial charge in [-0.1, -0.05) is 0 Å². The fourth-order valence-corrected chi connectivity index (χ4v) is 0.589. The molecule has 4 nitrogen and oxygen atoms in total. The zero-order valence-electron chi connectivity index (χ0n) is 7.09. The predicted octanol–water partition coefficient (Wildman–Crippen LogP) is 0.293. The molecule has 0 radical (unpaired) electrons. The summed E-state index contributed by atoms with van der Waals surface area (Å²) in [4.78, 5) is 21.5. The molecule has 0 aromatic carbocycles. The normalized spacial score (nSPS) is 11.9. The number of carbonyl (C=O) groups excluding carboxylic acids is 2. The molecule has 70 valence electrons. The van der Waals surface area contributed by atoms with Crippen molar-refractivity contribution in [1.29, 1.82) is 0 Å². The van der Waals surface area contributed by atoms with E-state index in [1.807, 2.05) is 0 Å². The number of carbonyl (C=O) groups is 2. The number of ether oxygens (including phenoxy) is 1. The molecule has 0 saturated heterocycles. The van der Waals surface area contributed by atoms with Crippen molar-refractivity contribution in [3.63, 3.8) is 0 Å². The lowest BCUT2D eigenvalue weighted by Crippen LogP contribution is -2.34. The van der Waals surface area contributed by atoms with E-state index in [1.165, 1.54) is 6.92 Å². The van der Waals surface area contributed by atoms with Crippen molar-refractivity contribution < 1.29 is 14.3 Å². The lowest BCUT2D eigenvalue weighted by atomic mass is 10.4. The fraction of sp³-hybridized carbons (Fsp3) is 0.714. The van der Waals surface area contributed by atoms with Crippen LogP contribution in [0.1, 0.15) is 13.8 Å². The van der Waals surface area contributed by atoms with Crippen molar-refractivity contribution in [2.75, 3.05) is 13.2 Å². The Morgan fingerprint density at radius 3 is 2.58 bits per heavy atom. The minimum Gasteiger partial charge on any atom is -0.465 e. The van der Waals surface area contributed by atoms with Crippen molar-refractivity contribution in [2.45, 2.75) is 19.2 Å². The first kappa shape index (κ1) is 11.2. The topological polar surface area (TPSA) is 55.4 Å². The van der Waals surface area contributed by atoms with Crippen LogP contribution in [0.3, 0.4) is 0 Å². The van der Waals surface area contributed by atoms with Crippen LogP contribution in [0.2, 0.25) is 0 Å². The third-order valence-electron chi connectivity index (χ3n) is 1.07. The third kappa shape index (κ3) is 4.96. The molecule has 0 aliphatic carbocycles. The molecule has 0 bridgehead atoms. The second-order valence-electron chi connectivity index (χ2n) is 2.14. The van der Waals surface area contributed by atoms with Crippen LogP contribution in [-0.4, -0.2) is 30.4 Å². The van der Waals surface area contributed by atoms with Crippen molar-refractivity contribution >= 4 is 23.5 Å². The van der Waals surface area contributed by atoms with Gasteiger partial charge in [0, 0.05) is 0 Å². The summed E-state index contributed by atoms with van der Waals surface area (Å²) >= 11 is 5.42. The van der Waals surface area contributed by atoms with Crippen LogP contribution in [0.4, 0.5) is 0 Å². The highest BCUT2D eigenvalue weighted by atomic mass is 35.5. The summed E-state index contributed by atoms with van der Waals surface area (Å²) in [5.41, 5.74) is 0. The number of rotatable bonds is 4. The highest BCUT2D eigenvalue weighted by Gasteiger charge is 2.10. The molecule has 0 heterocycles. The highest BCUT2D eigenvalue weighted by molar-refractivity contribution is 6.30. The Bertz CT molecular complexity index is 170. The molecule has 1 atom stereocenters. The van der Waals surface area contributed by atoms with Gasteiger partial charge in [-0.2, -0.15) is 0 Å². The molecule has 0 aromatic rings. The number of nitrogens with one attached hydrogen (secondary N) is 1. The zero-order chi connectivity index (χ0) is 9.56. The molecular weight excluding hydrogens is 182 g/mol. The predicted molar refractivity (Wildman–Crippen MR) is 45.0 cm³/mol. The summed E-state index contributed by atoms with van der Waals surface area (Å²) in [6.07, 6.45) is 0. The molecule has 0 aliphatic rings. The maximum absolute atomic E-state index is 10.8. The Balaban J connectivity index is 3.54. The number of esters is 1. The fourth-order valence-electron chi connectivity index (χ4n) is 0.512. The first-order valence-electron chi connectivity index (χ1n) is 3.65. The van der Waals surface area contributed by atoms with Gasteiger partial charge in [0.2, 0.25) is 5.91 Å². The lowest BCUT2D eigenvalue weighted by molar-refractivity contribution is -0.143. The molecule has 0 aliphatic heterocycles. The highest BCUT2D eigenvalue weighted by Crippen LogP contribution is 1.91. The minimum atomic E-state index is -0.626. The number of halogens is 1. The first-order valence-corrected chi connectivity index (χ1v) is 4.09. The van der Waals surface area contributed by atoms with Gasteiger partial charge in [0.15, 0.2) is 0 Å². The van der Waals surface area contributed by atoms with Gasteiger partial charge in [-0.15, -0.1) is 11.6 Å². The molecule has 12 heavy (non-hydrogen) atoms. The van der Waals surface area contributed by atoms with E-state index in [0.717, 1.165) is 0 Å². The quantitative estimate of drug-likeness (QED) is 0.516. The van der Waals surface area contributed by atoms with Crippen LogP contribution in [0.5, 0.6) is 0 Å². The maximum Gasteiger partial charge on any atom is 0.325 e. The Kier molecular flexibility index (Phi) is 5.45. The third-order valence-corrected chi connectivity index (χ3v) is 1.27. The summed E-state index contributed by atoms with van der Waals surface area (Å²) in [6.45, 7) is 3.42. The number of amides is 1. The molecule has 1 amide bonds. The molecule has 0 saturated carbocycles. The monoisotopic (exact) mass is 193 g/mol. The average molecular weight is 194 g/mol. The van der Waals surface area contributed by atoms with Gasteiger partial charge in [0.25, 0.3) is 0 Å². The maximum atomic E-state index is 10.8. The largest absolute Gasteiger partial charge is 0.465 e. The number of alkyl halides is 1. The summed E-state index contributed by atoms with van der Waals surface area (Å²) in [5.74, 6) is -0.826. The molecule has 1 N–H and O–H groups in total. The van der Waals surface area contributed by atoms with Gasteiger partial charge in [-0.25, -0.2) is 0 Å². The SMILES string of the molecule is CCOC(=O)CNC(=O)C(C)Cl. The molecule has 0 fully saturated rings. The van der Waals surface area contributed by atoms with Crippen molar-refractivity contribution in [1.82, 2.24) is 5.32 Å². The van der Waals surface area contributed by atoms with Gasteiger partial charge in [-0.05, 0) is 13.8 Å². The molecule has 5 heteroatoms. The van der Waals surface area contributed by atoms with Gasteiger partial charge < -0.3 is 10.1 Å². The van der Waals surface area contributed by atoms with Gasteiger partial charge in [0.1, 0.15) is 11.9 Å². The average Bonchev–Trinajstić information content (AvgIpc) is 2.00. The van der Waals surface area contributed by atoms with Crippen LogP contribution in [0, 0.1) is 0 Å². The number of hydrogen-bond donors (Lipinski definition) is 1. The number of hydrogen-bond acceptors (Lipinski definition) is 3. The van der Waals surface area contributed by atoms with Crippen LogP contribution >= 0.6 is 11.6 Å². The standard InChI is InChI=1S/C7H12ClNO3/c1-3-12-6(10)4-9-7(11)5(2)8/h5H,3-4H2,1-2H3,(H,9,11). The second-order valence-corrected chi connectivity index (χ2v) is 2.79. The molecular formula is C7H12ClNO3. The van der Waals surface area contributed by atoms with Crippen molar-refractivity contribution in [3.8, 4) is 0 Å². The Morgan fingerprint density at radius 1 is 1.58 bits per heavy atom. The molecule has 1 unspecified atom stereocenters. The van der Waals surface area contributed by atoms with Crippen LogP contribution in [0.25, 0.3) is 0 Å². The van der Waals surface area contributed by atoms with Crippen molar-refractivity contribution in [3.05, 3.63) is 0 Å². The Labute approximate surface area is 76.2 Å². The van der Waals surface area contributed by atoms with Crippen LogP contribution < -0.4 is 5.32 Å². The molecule has 0 aromatic heterocycles. The van der Waals surface area contributed by atoms with E-state index < -0.39 is 11.3 Å².